The maximum atomic E-state index is 13.6. The number of hydrogen-bond donors (Lipinski definition) is 2. The Balaban J connectivity index is 1.91. The monoisotopic (exact) mass is 345 g/mol. The number of halogens is 4. The number of carbonyl (C=O) groups excluding carboxylic acids is 1. The van der Waals surface area contributed by atoms with Gasteiger partial charge in [0, 0.05) is 18.9 Å². The van der Waals surface area contributed by atoms with Gasteiger partial charge in [-0.15, -0.1) is 0 Å². The Labute approximate surface area is 134 Å². The number of oxazole rings is 1. The van der Waals surface area contributed by atoms with Crippen molar-refractivity contribution in [1.82, 2.24) is 10.3 Å². The summed E-state index contributed by atoms with van der Waals surface area (Å²) in [6.45, 7) is -1.71. The molecular formula is C15H15F4N3O2. The van der Waals surface area contributed by atoms with E-state index in [1.807, 2.05) is 0 Å². The largest absolute Gasteiger partial charge is 0.441 e. The predicted molar refractivity (Wildman–Crippen MR) is 77.2 cm³/mol. The number of alkyl halides is 2. The molecule has 0 radical (unpaired) electrons. The molecule has 3 N–H and O–H groups in total. The lowest BCUT2D eigenvalue weighted by Gasteiger charge is -2.14. The van der Waals surface area contributed by atoms with E-state index in [0.29, 0.717) is 6.07 Å². The van der Waals surface area contributed by atoms with Gasteiger partial charge < -0.3 is 15.5 Å². The van der Waals surface area contributed by atoms with E-state index >= 15 is 0 Å². The van der Waals surface area contributed by atoms with Crippen LogP contribution < -0.4 is 11.1 Å². The summed E-state index contributed by atoms with van der Waals surface area (Å²) in [7, 11) is 0. The second-order valence-electron chi connectivity index (χ2n) is 5.08. The Morgan fingerprint density at radius 3 is 2.75 bits per heavy atom. The lowest BCUT2D eigenvalue weighted by atomic mass is 10.2. The summed E-state index contributed by atoms with van der Waals surface area (Å²) >= 11 is 0. The normalized spacial score (nSPS) is 11.5. The maximum absolute atomic E-state index is 13.6. The molecule has 5 nitrogen and oxygen atoms in total. The summed E-state index contributed by atoms with van der Waals surface area (Å²) in [5.74, 6) is -5.09. The molecule has 24 heavy (non-hydrogen) atoms. The molecule has 0 fully saturated rings. The van der Waals surface area contributed by atoms with Gasteiger partial charge in [0.1, 0.15) is 11.6 Å². The number of nitrogens with zero attached hydrogens (tertiary/aromatic N) is 1. The molecule has 1 amide bonds. The van der Waals surface area contributed by atoms with Gasteiger partial charge in [0.2, 0.25) is 5.91 Å². The Kier molecular flexibility index (Phi) is 5.55. The van der Waals surface area contributed by atoms with E-state index in [1.54, 1.807) is 0 Å². The molecule has 0 bridgehead atoms. The van der Waals surface area contributed by atoms with E-state index in [2.05, 4.69) is 10.3 Å². The Morgan fingerprint density at radius 2 is 2.08 bits per heavy atom. The molecule has 130 valence electrons. The zero-order valence-electron chi connectivity index (χ0n) is 12.5. The van der Waals surface area contributed by atoms with E-state index in [0.717, 1.165) is 6.07 Å². The number of aryl methyl sites for hydroxylation is 1. The summed E-state index contributed by atoms with van der Waals surface area (Å²) < 4.78 is 57.6. The standard InChI is InChI=1S/C15H15F4N3O2/c16-9-1-2-10(11(17)5-9)12-6-21-14(24-12)4-3-13(23)22-8-15(18,19)7-20/h1-2,5-6H,3-4,7-8,20H2,(H,22,23). The molecule has 9 heteroatoms. The quantitative estimate of drug-likeness (QED) is 0.755. The summed E-state index contributed by atoms with van der Waals surface area (Å²) in [5.41, 5.74) is 4.89. The molecule has 1 heterocycles. The molecule has 0 atom stereocenters. The number of nitrogens with two attached hydrogens (primary N) is 1. The molecule has 0 aliphatic heterocycles. The Bertz CT molecular complexity index is 718. The topological polar surface area (TPSA) is 81.1 Å². The first-order valence-corrected chi connectivity index (χ1v) is 7.05. The lowest BCUT2D eigenvalue weighted by molar-refractivity contribution is -0.122. The fourth-order valence-corrected chi connectivity index (χ4v) is 1.85. The van der Waals surface area contributed by atoms with Crippen LogP contribution in [0.5, 0.6) is 0 Å². The molecule has 1 aromatic heterocycles. The Hall–Kier alpha value is -2.42. The van der Waals surface area contributed by atoms with Gasteiger partial charge in [0.15, 0.2) is 11.7 Å². The van der Waals surface area contributed by atoms with Crippen LogP contribution in [0.3, 0.4) is 0 Å². The van der Waals surface area contributed by atoms with Crippen LogP contribution in [-0.2, 0) is 11.2 Å². The number of carbonyl (C=O) groups is 1. The number of hydrogen-bond acceptors (Lipinski definition) is 4. The average molecular weight is 345 g/mol. The van der Waals surface area contributed by atoms with Crippen LogP contribution >= 0.6 is 0 Å². The van der Waals surface area contributed by atoms with Gasteiger partial charge in [-0.2, -0.15) is 0 Å². The zero-order valence-corrected chi connectivity index (χ0v) is 12.5. The number of amides is 1. The molecule has 0 aliphatic carbocycles. The van der Waals surface area contributed by atoms with Gasteiger partial charge in [-0.05, 0) is 12.1 Å². The van der Waals surface area contributed by atoms with Gasteiger partial charge in [-0.1, -0.05) is 0 Å². The molecule has 2 aromatic rings. The summed E-state index contributed by atoms with van der Waals surface area (Å²) in [6, 6.07) is 2.99. The van der Waals surface area contributed by atoms with Crippen LogP contribution in [0.4, 0.5) is 17.6 Å². The number of nitrogens with one attached hydrogen (secondary N) is 1. The third kappa shape index (κ3) is 4.79. The fourth-order valence-electron chi connectivity index (χ4n) is 1.85. The highest BCUT2D eigenvalue weighted by Crippen LogP contribution is 2.24. The minimum Gasteiger partial charge on any atom is -0.441 e. The average Bonchev–Trinajstić information content (AvgIpc) is 2.99. The highest BCUT2D eigenvalue weighted by atomic mass is 19.3. The van der Waals surface area contributed by atoms with E-state index < -0.39 is 36.6 Å². The smallest absolute Gasteiger partial charge is 0.277 e. The van der Waals surface area contributed by atoms with Crippen molar-refractivity contribution in [3.63, 3.8) is 0 Å². The lowest BCUT2D eigenvalue weighted by Crippen LogP contribution is -2.41. The summed E-state index contributed by atoms with van der Waals surface area (Å²) in [5, 5.41) is 2.06. The predicted octanol–water partition coefficient (Wildman–Crippen LogP) is 2.26. The zero-order chi connectivity index (χ0) is 17.7. The third-order valence-corrected chi connectivity index (χ3v) is 3.16. The van der Waals surface area contributed by atoms with Crippen molar-refractivity contribution >= 4 is 5.91 Å². The van der Waals surface area contributed by atoms with Crippen LogP contribution in [0.1, 0.15) is 12.3 Å². The molecular weight excluding hydrogens is 330 g/mol. The van der Waals surface area contributed by atoms with Gasteiger partial charge in [0.05, 0.1) is 24.8 Å². The first kappa shape index (κ1) is 17.9. The second-order valence-corrected chi connectivity index (χ2v) is 5.08. The number of rotatable bonds is 7. The summed E-state index contributed by atoms with van der Waals surface area (Å²) in [4.78, 5) is 15.4. The molecule has 0 unspecified atom stereocenters. The fraction of sp³-hybridized carbons (Fsp3) is 0.333. The van der Waals surface area contributed by atoms with Crippen molar-refractivity contribution in [2.45, 2.75) is 18.8 Å². The number of benzene rings is 1. The second kappa shape index (κ2) is 7.43. The van der Waals surface area contributed by atoms with Crippen LogP contribution in [0, 0.1) is 11.6 Å². The van der Waals surface area contributed by atoms with Crippen molar-refractivity contribution in [2.75, 3.05) is 13.1 Å². The van der Waals surface area contributed by atoms with E-state index in [-0.39, 0.29) is 30.1 Å². The SMILES string of the molecule is NCC(F)(F)CNC(=O)CCc1ncc(-c2ccc(F)cc2F)o1. The van der Waals surface area contributed by atoms with Crippen molar-refractivity contribution < 1.29 is 26.8 Å². The van der Waals surface area contributed by atoms with Crippen molar-refractivity contribution in [1.29, 1.82) is 0 Å². The molecule has 0 aliphatic rings. The highest BCUT2D eigenvalue weighted by molar-refractivity contribution is 5.76. The minimum atomic E-state index is -3.16. The molecule has 0 saturated heterocycles. The van der Waals surface area contributed by atoms with Crippen molar-refractivity contribution in [3.8, 4) is 11.3 Å². The molecule has 0 saturated carbocycles. The van der Waals surface area contributed by atoms with Crippen molar-refractivity contribution in [2.24, 2.45) is 5.73 Å². The number of aromatic nitrogens is 1. The summed E-state index contributed by atoms with van der Waals surface area (Å²) in [6.07, 6.45) is 1.15. The van der Waals surface area contributed by atoms with Gasteiger partial charge >= 0.3 is 0 Å². The van der Waals surface area contributed by atoms with Gasteiger partial charge in [-0.25, -0.2) is 22.5 Å². The molecule has 1 aromatic carbocycles. The third-order valence-electron chi connectivity index (χ3n) is 3.16. The van der Waals surface area contributed by atoms with Crippen LogP contribution in [0.2, 0.25) is 0 Å². The van der Waals surface area contributed by atoms with Crippen molar-refractivity contribution in [3.05, 3.63) is 41.9 Å². The van der Waals surface area contributed by atoms with Crippen LogP contribution in [0.15, 0.2) is 28.8 Å². The van der Waals surface area contributed by atoms with Gasteiger partial charge in [-0.3, -0.25) is 4.79 Å². The van der Waals surface area contributed by atoms with Crippen LogP contribution in [0.25, 0.3) is 11.3 Å². The van der Waals surface area contributed by atoms with E-state index in [4.69, 9.17) is 10.2 Å². The first-order chi connectivity index (χ1) is 11.3. The first-order valence-electron chi connectivity index (χ1n) is 7.05. The van der Waals surface area contributed by atoms with Gasteiger partial charge in [0.25, 0.3) is 5.92 Å². The van der Waals surface area contributed by atoms with E-state index in [1.165, 1.54) is 12.3 Å². The highest BCUT2D eigenvalue weighted by Gasteiger charge is 2.27. The Morgan fingerprint density at radius 1 is 1.33 bits per heavy atom. The molecule has 0 spiro atoms. The van der Waals surface area contributed by atoms with Crippen LogP contribution in [-0.4, -0.2) is 29.9 Å². The molecule has 2 rings (SSSR count). The van der Waals surface area contributed by atoms with E-state index in [9.17, 15) is 22.4 Å². The minimum absolute atomic E-state index is 0.0298. The maximum Gasteiger partial charge on any atom is 0.277 e.